The first-order valence-corrected chi connectivity index (χ1v) is 8.41. The van der Waals surface area contributed by atoms with E-state index in [0.717, 1.165) is 32.1 Å². The van der Waals surface area contributed by atoms with Gasteiger partial charge in [0.1, 0.15) is 0 Å². The van der Waals surface area contributed by atoms with Crippen molar-refractivity contribution >= 4 is 11.9 Å². The predicted octanol–water partition coefficient (Wildman–Crippen LogP) is 4.26. The van der Waals surface area contributed by atoms with Crippen LogP contribution in [0.4, 0.5) is 0 Å². The van der Waals surface area contributed by atoms with Gasteiger partial charge in [-0.1, -0.05) is 59.3 Å². The molecule has 4 heteroatoms. The second kappa shape index (κ2) is 13.9. The quantitative estimate of drug-likeness (QED) is 0.307. The molecule has 21 heavy (non-hydrogen) atoms. The zero-order valence-corrected chi connectivity index (χ0v) is 14.0. The van der Waals surface area contributed by atoms with E-state index < -0.39 is 11.9 Å². The third-order valence-electron chi connectivity index (χ3n) is 3.31. The Labute approximate surface area is 129 Å². The van der Waals surface area contributed by atoms with Crippen LogP contribution in [0.2, 0.25) is 0 Å². The number of hydrogen-bond acceptors (Lipinski definition) is 4. The van der Waals surface area contributed by atoms with Crippen molar-refractivity contribution in [2.75, 3.05) is 13.2 Å². The van der Waals surface area contributed by atoms with Gasteiger partial charge in [0.15, 0.2) is 0 Å². The van der Waals surface area contributed by atoms with Crippen LogP contribution < -0.4 is 0 Å². The molecule has 0 aliphatic heterocycles. The fourth-order valence-electron chi connectivity index (χ4n) is 2.00. The zero-order chi connectivity index (χ0) is 15.9. The Morgan fingerprint density at radius 3 is 1.76 bits per heavy atom. The van der Waals surface area contributed by atoms with Gasteiger partial charge in [0.25, 0.3) is 0 Å². The summed E-state index contributed by atoms with van der Waals surface area (Å²) >= 11 is 0. The molecule has 0 saturated heterocycles. The van der Waals surface area contributed by atoms with Crippen molar-refractivity contribution < 1.29 is 19.1 Å². The van der Waals surface area contributed by atoms with Crippen LogP contribution in [0.3, 0.4) is 0 Å². The van der Waals surface area contributed by atoms with Crippen molar-refractivity contribution in [2.45, 2.75) is 78.6 Å². The van der Waals surface area contributed by atoms with Crippen LogP contribution in [-0.2, 0) is 19.1 Å². The Kier molecular flexibility index (Phi) is 13.2. The molecule has 4 nitrogen and oxygen atoms in total. The maximum Gasteiger partial charge on any atom is 0.417 e. The third kappa shape index (κ3) is 13.7. The first-order chi connectivity index (χ1) is 10.1. The topological polar surface area (TPSA) is 52.6 Å². The second-order valence-electron chi connectivity index (χ2n) is 5.93. The van der Waals surface area contributed by atoms with E-state index in [2.05, 4.69) is 20.8 Å². The number of carbonyl (C=O) groups excluding carboxylic acids is 2. The van der Waals surface area contributed by atoms with Crippen molar-refractivity contribution in [3.8, 4) is 0 Å². The van der Waals surface area contributed by atoms with Gasteiger partial charge in [-0.05, 0) is 25.2 Å². The molecular formula is C17H32O4. The number of unbranched alkanes of at least 4 members (excludes halogenated alkanes) is 6. The normalized spacial score (nSPS) is 10.7. The monoisotopic (exact) mass is 300 g/mol. The molecule has 0 atom stereocenters. The molecule has 0 heterocycles. The Morgan fingerprint density at radius 2 is 1.24 bits per heavy atom. The largest absolute Gasteiger partial charge is 0.457 e. The molecule has 0 spiro atoms. The lowest BCUT2D eigenvalue weighted by Crippen LogP contribution is -2.21. The Morgan fingerprint density at radius 1 is 0.762 bits per heavy atom. The highest BCUT2D eigenvalue weighted by atomic mass is 16.6. The van der Waals surface area contributed by atoms with E-state index in [9.17, 15) is 9.59 Å². The highest BCUT2D eigenvalue weighted by molar-refractivity contribution is 6.29. The lowest BCUT2D eigenvalue weighted by atomic mass is 10.1. The van der Waals surface area contributed by atoms with Crippen LogP contribution in [-0.4, -0.2) is 25.2 Å². The maximum absolute atomic E-state index is 11.3. The zero-order valence-electron chi connectivity index (χ0n) is 14.0. The molecule has 0 aromatic carbocycles. The van der Waals surface area contributed by atoms with Gasteiger partial charge in [0.2, 0.25) is 0 Å². The number of hydrogen-bond donors (Lipinski definition) is 0. The van der Waals surface area contributed by atoms with E-state index in [-0.39, 0.29) is 0 Å². The summed E-state index contributed by atoms with van der Waals surface area (Å²) in [6.45, 7) is 7.02. The van der Waals surface area contributed by atoms with Gasteiger partial charge in [-0.2, -0.15) is 0 Å². The molecule has 124 valence electrons. The molecule has 0 amide bonds. The van der Waals surface area contributed by atoms with E-state index in [1.54, 1.807) is 0 Å². The van der Waals surface area contributed by atoms with E-state index in [1.165, 1.54) is 25.7 Å². The van der Waals surface area contributed by atoms with Gasteiger partial charge in [0, 0.05) is 0 Å². The average Bonchev–Trinajstić information content (AvgIpc) is 2.45. The highest BCUT2D eigenvalue weighted by Crippen LogP contribution is 2.07. The molecule has 0 aliphatic carbocycles. The SMILES string of the molecule is CCCCCCCCCOC(=O)C(=O)OCCCC(C)C. The van der Waals surface area contributed by atoms with Gasteiger partial charge in [-0.15, -0.1) is 0 Å². The summed E-state index contributed by atoms with van der Waals surface area (Å²) in [5, 5.41) is 0. The summed E-state index contributed by atoms with van der Waals surface area (Å²) in [6, 6.07) is 0. The molecule has 0 aliphatic rings. The Bertz CT molecular complexity index is 274. The number of ether oxygens (including phenoxy) is 2. The minimum absolute atomic E-state index is 0.295. The van der Waals surface area contributed by atoms with Gasteiger partial charge in [0.05, 0.1) is 13.2 Å². The van der Waals surface area contributed by atoms with Crippen LogP contribution in [0.15, 0.2) is 0 Å². The molecule has 0 aromatic heterocycles. The smallest absolute Gasteiger partial charge is 0.417 e. The van der Waals surface area contributed by atoms with Crippen molar-refractivity contribution in [1.82, 2.24) is 0 Å². The highest BCUT2D eigenvalue weighted by Gasteiger charge is 2.16. The minimum Gasteiger partial charge on any atom is -0.457 e. The van der Waals surface area contributed by atoms with Crippen LogP contribution in [0, 0.1) is 5.92 Å². The van der Waals surface area contributed by atoms with Crippen molar-refractivity contribution in [3.05, 3.63) is 0 Å². The van der Waals surface area contributed by atoms with Gasteiger partial charge in [-0.25, -0.2) is 9.59 Å². The summed E-state index contributed by atoms with van der Waals surface area (Å²) in [5.74, 6) is -1.14. The lowest BCUT2D eigenvalue weighted by Gasteiger charge is -2.07. The number of carbonyl (C=O) groups is 2. The van der Waals surface area contributed by atoms with Crippen molar-refractivity contribution in [2.24, 2.45) is 5.92 Å². The molecule has 0 N–H and O–H groups in total. The summed E-state index contributed by atoms with van der Waals surface area (Å²) in [7, 11) is 0. The molecule has 0 bridgehead atoms. The first kappa shape index (κ1) is 19.9. The van der Waals surface area contributed by atoms with Crippen LogP contribution >= 0.6 is 0 Å². The maximum atomic E-state index is 11.3. The van der Waals surface area contributed by atoms with Crippen molar-refractivity contribution in [1.29, 1.82) is 0 Å². The van der Waals surface area contributed by atoms with E-state index in [1.807, 2.05) is 0 Å². The molecule has 0 saturated carbocycles. The van der Waals surface area contributed by atoms with Gasteiger partial charge >= 0.3 is 11.9 Å². The fraction of sp³-hybridized carbons (Fsp3) is 0.882. The summed E-state index contributed by atoms with van der Waals surface area (Å²) in [5.41, 5.74) is 0. The number of rotatable bonds is 12. The molecule has 0 rings (SSSR count). The summed E-state index contributed by atoms with van der Waals surface area (Å²) in [4.78, 5) is 22.7. The minimum atomic E-state index is -0.860. The third-order valence-corrected chi connectivity index (χ3v) is 3.31. The summed E-state index contributed by atoms with van der Waals surface area (Å²) < 4.78 is 9.76. The predicted molar refractivity (Wildman–Crippen MR) is 84.0 cm³/mol. The molecule has 0 fully saturated rings. The molecule has 0 aromatic rings. The van der Waals surface area contributed by atoms with Gasteiger partial charge in [-0.3, -0.25) is 0 Å². The molecule has 0 unspecified atom stereocenters. The van der Waals surface area contributed by atoms with E-state index in [0.29, 0.717) is 19.1 Å². The lowest BCUT2D eigenvalue weighted by molar-refractivity contribution is -0.167. The molecule has 0 radical (unpaired) electrons. The van der Waals surface area contributed by atoms with Gasteiger partial charge < -0.3 is 9.47 Å². The van der Waals surface area contributed by atoms with Crippen LogP contribution in [0.1, 0.15) is 78.6 Å². The van der Waals surface area contributed by atoms with Crippen LogP contribution in [0.25, 0.3) is 0 Å². The fourth-order valence-corrected chi connectivity index (χ4v) is 2.00. The summed E-state index contributed by atoms with van der Waals surface area (Å²) in [6.07, 6.45) is 9.85. The Balaban J connectivity index is 3.41. The second-order valence-corrected chi connectivity index (χ2v) is 5.93. The van der Waals surface area contributed by atoms with E-state index >= 15 is 0 Å². The first-order valence-electron chi connectivity index (χ1n) is 8.41. The van der Waals surface area contributed by atoms with Crippen molar-refractivity contribution in [3.63, 3.8) is 0 Å². The Hall–Kier alpha value is -1.06. The molecular weight excluding hydrogens is 268 g/mol. The van der Waals surface area contributed by atoms with E-state index in [4.69, 9.17) is 9.47 Å². The number of esters is 2. The standard InChI is InChI=1S/C17H32O4/c1-4-5-6-7-8-9-10-13-20-16(18)17(19)21-14-11-12-15(2)3/h15H,4-14H2,1-3H3. The average molecular weight is 300 g/mol. The van der Waals surface area contributed by atoms with Crippen LogP contribution in [0.5, 0.6) is 0 Å².